The Balaban J connectivity index is 2.05. The summed E-state index contributed by atoms with van der Waals surface area (Å²) in [4.78, 5) is 13.2. The molecule has 1 heterocycles. The van der Waals surface area contributed by atoms with E-state index < -0.39 is 12.0 Å². The minimum atomic E-state index is -2.87. The highest BCUT2D eigenvalue weighted by Crippen LogP contribution is 2.35. The van der Waals surface area contributed by atoms with Crippen LogP contribution in [0.15, 0.2) is 24.3 Å². The van der Waals surface area contributed by atoms with Crippen molar-refractivity contribution in [3.8, 4) is 11.8 Å². The summed E-state index contributed by atoms with van der Waals surface area (Å²) in [5.74, 6) is -0.233. The number of ether oxygens (including phenoxy) is 2. The van der Waals surface area contributed by atoms with Gasteiger partial charge in [0, 0.05) is 13.1 Å². The number of nitriles is 1. The Hall–Kier alpha value is -2.20. The van der Waals surface area contributed by atoms with Crippen molar-refractivity contribution in [2.24, 2.45) is 0 Å². The lowest BCUT2D eigenvalue weighted by Crippen LogP contribution is -2.44. The van der Waals surface area contributed by atoms with Crippen molar-refractivity contribution in [1.29, 1.82) is 5.26 Å². The van der Waals surface area contributed by atoms with Gasteiger partial charge >= 0.3 is 12.6 Å². The maximum Gasteiger partial charge on any atom is 0.387 e. The molecule has 1 aliphatic heterocycles. The molecule has 124 valence electrons. The molecule has 0 spiro atoms. The van der Waals surface area contributed by atoms with Gasteiger partial charge in [0.25, 0.3) is 0 Å². The van der Waals surface area contributed by atoms with Crippen molar-refractivity contribution in [2.45, 2.75) is 24.9 Å². The molecule has 0 aliphatic carbocycles. The van der Waals surface area contributed by atoms with Crippen LogP contribution in [0, 0.1) is 11.3 Å². The number of likely N-dealkylation sites (tertiary alicyclic amines) is 1. The van der Waals surface area contributed by atoms with Crippen LogP contribution in [0.2, 0.25) is 0 Å². The Morgan fingerprint density at radius 1 is 1.35 bits per heavy atom. The van der Waals surface area contributed by atoms with E-state index in [9.17, 15) is 18.8 Å². The number of carbonyl (C=O) groups is 1. The fourth-order valence-corrected chi connectivity index (χ4v) is 2.76. The minimum Gasteiger partial charge on any atom is -0.468 e. The second-order valence-electron chi connectivity index (χ2n) is 5.45. The van der Waals surface area contributed by atoms with Crippen LogP contribution in [0.1, 0.15) is 18.4 Å². The maximum absolute atomic E-state index is 12.2. The molecule has 23 heavy (non-hydrogen) atoms. The number of carbonyl (C=O) groups excluding carboxylic acids is 1. The maximum atomic E-state index is 12.2. The lowest BCUT2D eigenvalue weighted by molar-refractivity contribution is -0.142. The lowest BCUT2D eigenvalue weighted by Gasteiger charge is -2.37. The molecule has 0 saturated carbocycles. The molecule has 0 atom stereocenters. The summed E-state index contributed by atoms with van der Waals surface area (Å²) in [5.41, 5.74) is 0.107. The Kier molecular flexibility index (Phi) is 5.50. The van der Waals surface area contributed by atoms with Crippen LogP contribution in [-0.2, 0) is 14.9 Å². The first-order valence-electron chi connectivity index (χ1n) is 7.25. The van der Waals surface area contributed by atoms with E-state index >= 15 is 0 Å². The topological polar surface area (TPSA) is 62.6 Å². The first-order chi connectivity index (χ1) is 11.0. The monoisotopic (exact) mass is 324 g/mol. The average Bonchev–Trinajstić information content (AvgIpc) is 2.56. The van der Waals surface area contributed by atoms with E-state index in [1.165, 1.54) is 19.2 Å². The van der Waals surface area contributed by atoms with E-state index in [4.69, 9.17) is 0 Å². The Morgan fingerprint density at radius 2 is 1.96 bits per heavy atom. The first kappa shape index (κ1) is 17.2. The van der Waals surface area contributed by atoms with Crippen molar-refractivity contribution < 1.29 is 23.0 Å². The summed E-state index contributed by atoms with van der Waals surface area (Å²) < 4.78 is 33.3. The zero-order chi connectivity index (χ0) is 16.9. The number of piperidine rings is 1. The number of alkyl halides is 2. The van der Waals surface area contributed by atoms with Crippen molar-refractivity contribution in [1.82, 2.24) is 4.90 Å². The Morgan fingerprint density at radius 3 is 2.43 bits per heavy atom. The molecule has 1 aromatic rings. The van der Waals surface area contributed by atoms with Crippen molar-refractivity contribution in [3.63, 3.8) is 0 Å². The molecule has 0 N–H and O–H groups in total. The minimum absolute atomic E-state index is 0.0694. The number of esters is 1. The van der Waals surface area contributed by atoms with E-state index in [0.717, 1.165) is 5.56 Å². The predicted molar refractivity (Wildman–Crippen MR) is 78.1 cm³/mol. The number of rotatable bonds is 5. The largest absolute Gasteiger partial charge is 0.468 e. The molecule has 0 amide bonds. The highest BCUT2D eigenvalue weighted by atomic mass is 19.3. The van der Waals surface area contributed by atoms with E-state index in [1.807, 2.05) is 4.90 Å². The Labute approximate surface area is 133 Å². The summed E-state index contributed by atoms with van der Waals surface area (Å²) in [6.45, 7) is -1.47. The highest BCUT2D eigenvalue weighted by Gasteiger charge is 2.36. The molecular formula is C16H18F2N2O3. The summed E-state index contributed by atoms with van der Waals surface area (Å²) in [5, 5.41) is 9.61. The van der Waals surface area contributed by atoms with Crippen LogP contribution < -0.4 is 4.74 Å². The van der Waals surface area contributed by atoms with Crippen molar-refractivity contribution >= 4 is 5.97 Å². The number of methoxy groups -OCH3 is 1. The lowest BCUT2D eigenvalue weighted by atomic mass is 9.74. The summed E-state index contributed by atoms with van der Waals surface area (Å²) >= 11 is 0. The number of hydrogen-bond donors (Lipinski definition) is 0. The zero-order valence-corrected chi connectivity index (χ0v) is 12.8. The standard InChI is InChI=1S/C16H18F2N2O3/c1-22-14(21)10-20-8-6-16(11-19,7-9-20)12-2-4-13(5-3-12)23-15(17)18/h2-5,15H,6-10H2,1H3. The number of benzene rings is 1. The third-order valence-electron chi connectivity index (χ3n) is 4.14. The van der Waals surface area contributed by atoms with Gasteiger partial charge in [-0.3, -0.25) is 9.69 Å². The van der Waals surface area contributed by atoms with Gasteiger partial charge in [0.2, 0.25) is 0 Å². The van der Waals surface area contributed by atoms with Crippen LogP contribution >= 0.6 is 0 Å². The van der Waals surface area contributed by atoms with Crippen LogP contribution in [0.25, 0.3) is 0 Å². The van der Waals surface area contributed by atoms with Gasteiger partial charge in [-0.15, -0.1) is 0 Å². The van der Waals surface area contributed by atoms with Crippen LogP contribution in [0.4, 0.5) is 8.78 Å². The normalized spacial score (nSPS) is 17.5. The van der Waals surface area contributed by atoms with Gasteiger partial charge in [0.15, 0.2) is 0 Å². The van der Waals surface area contributed by atoms with E-state index in [1.54, 1.807) is 12.1 Å². The molecule has 1 fully saturated rings. The van der Waals surface area contributed by atoms with E-state index in [-0.39, 0.29) is 18.3 Å². The number of nitrogens with zero attached hydrogens (tertiary/aromatic N) is 2. The van der Waals surface area contributed by atoms with Crippen molar-refractivity contribution in [2.75, 3.05) is 26.7 Å². The molecule has 2 rings (SSSR count). The van der Waals surface area contributed by atoms with Crippen LogP contribution in [-0.4, -0.2) is 44.2 Å². The van der Waals surface area contributed by atoms with E-state index in [2.05, 4.69) is 15.5 Å². The van der Waals surface area contributed by atoms with Crippen LogP contribution in [0.3, 0.4) is 0 Å². The highest BCUT2D eigenvalue weighted by molar-refractivity contribution is 5.71. The quantitative estimate of drug-likeness (QED) is 0.778. The zero-order valence-electron chi connectivity index (χ0n) is 12.8. The molecule has 0 bridgehead atoms. The van der Waals surface area contributed by atoms with Crippen molar-refractivity contribution in [3.05, 3.63) is 29.8 Å². The molecular weight excluding hydrogens is 306 g/mol. The summed E-state index contributed by atoms with van der Waals surface area (Å²) in [7, 11) is 1.34. The molecule has 1 aromatic carbocycles. The van der Waals surface area contributed by atoms with E-state index in [0.29, 0.717) is 25.9 Å². The molecule has 0 radical (unpaired) electrons. The Bertz CT molecular complexity index is 576. The molecule has 7 heteroatoms. The number of hydrogen-bond acceptors (Lipinski definition) is 5. The fourth-order valence-electron chi connectivity index (χ4n) is 2.76. The van der Waals surface area contributed by atoms with Gasteiger partial charge in [-0.25, -0.2) is 0 Å². The summed E-state index contributed by atoms with van der Waals surface area (Å²) in [6, 6.07) is 8.54. The van der Waals surface area contributed by atoms with Crippen LogP contribution in [0.5, 0.6) is 5.75 Å². The second-order valence-corrected chi connectivity index (χ2v) is 5.45. The fraction of sp³-hybridized carbons (Fsp3) is 0.500. The molecule has 1 saturated heterocycles. The average molecular weight is 324 g/mol. The molecule has 1 aliphatic rings. The van der Waals surface area contributed by atoms with Gasteiger partial charge in [0.1, 0.15) is 5.75 Å². The third-order valence-corrected chi connectivity index (χ3v) is 4.14. The SMILES string of the molecule is COC(=O)CN1CCC(C#N)(c2ccc(OC(F)F)cc2)CC1. The predicted octanol–water partition coefficient (Wildman–Crippen LogP) is 2.32. The second kappa shape index (κ2) is 7.38. The first-order valence-corrected chi connectivity index (χ1v) is 7.25. The molecule has 0 unspecified atom stereocenters. The van der Waals surface area contributed by atoms with Gasteiger partial charge < -0.3 is 9.47 Å². The van der Waals surface area contributed by atoms with Gasteiger partial charge in [-0.05, 0) is 30.5 Å². The molecule has 5 nitrogen and oxygen atoms in total. The van der Waals surface area contributed by atoms with Gasteiger partial charge in [0.05, 0.1) is 25.1 Å². The number of halogens is 2. The smallest absolute Gasteiger partial charge is 0.387 e. The third kappa shape index (κ3) is 4.17. The summed E-state index contributed by atoms with van der Waals surface area (Å²) in [6.07, 6.45) is 1.13. The van der Waals surface area contributed by atoms with Gasteiger partial charge in [-0.1, -0.05) is 12.1 Å². The van der Waals surface area contributed by atoms with Gasteiger partial charge in [-0.2, -0.15) is 14.0 Å². The molecule has 0 aromatic heterocycles.